The third-order valence-electron chi connectivity index (χ3n) is 3.10. The Morgan fingerprint density at radius 2 is 1.46 bits per heavy atom. The number of hydrogen-bond acceptors (Lipinski definition) is 8. The van der Waals surface area contributed by atoms with Crippen molar-refractivity contribution in [2.24, 2.45) is 11.7 Å². The second-order valence-corrected chi connectivity index (χ2v) is 6.29. The van der Waals surface area contributed by atoms with Crippen molar-refractivity contribution in [2.45, 2.75) is 39.5 Å². The first-order valence-corrected chi connectivity index (χ1v) is 8.05. The molecular formula is C14H22Cl2N8. The van der Waals surface area contributed by atoms with Gasteiger partial charge in [0.2, 0.25) is 0 Å². The molecule has 2 aromatic rings. The highest BCUT2D eigenvalue weighted by atomic mass is 35.5. The highest BCUT2D eigenvalue weighted by Gasteiger charge is 2.08. The van der Waals surface area contributed by atoms with E-state index in [4.69, 9.17) is 34.9 Å². The monoisotopic (exact) mass is 372 g/mol. The first-order valence-electron chi connectivity index (χ1n) is 7.29. The maximum absolute atomic E-state index is 5.81. The lowest BCUT2D eigenvalue weighted by atomic mass is 10.1. The molecule has 0 saturated heterocycles. The molecular weight excluding hydrogens is 351 g/mol. The fourth-order valence-corrected chi connectivity index (χ4v) is 2.27. The van der Waals surface area contributed by atoms with Crippen molar-refractivity contribution in [1.29, 1.82) is 0 Å². The minimum absolute atomic E-state index is 0.320. The minimum atomic E-state index is 0.320. The summed E-state index contributed by atoms with van der Waals surface area (Å²) in [7, 11) is 0. The number of nitrogens with one attached hydrogen (secondary N) is 2. The maximum atomic E-state index is 5.81. The zero-order valence-corrected chi connectivity index (χ0v) is 15.5. The van der Waals surface area contributed by atoms with E-state index in [2.05, 4.69) is 31.2 Å². The molecule has 0 spiro atoms. The van der Waals surface area contributed by atoms with Crippen LogP contribution in [0.1, 0.15) is 50.7 Å². The SMILES string of the molecule is CC(C)c1cc(Cl)nnc1NN.CC(C)c1cc(NN)nnc1Cl. The molecule has 0 atom stereocenters. The van der Waals surface area contributed by atoms with Crippen molar-refractivity contribution in [3.05, 3.63) is 33.6 Å². The van der Waals surface area contributed by atoms with E-state index in [1.165, 1.54) is 0 Å². The minimum Gasteiger partial charge on any atom is -0.307 e. The van der Waals surface area contributed by atoms with E-state index >= 15 is 0 Å². The maximum Gasteiger partial charge on any atom is 0.166 e. The van der Waals surface area contributed by atoms with Crippen LogP contribution in [0, 0.1) is 0 Å². The van der Waals surface area contributed by atoms with E-state index in [0.29, 0.717) is 33.8 Å². The average molecular weight is 373 g/mol. The molecule has 0 saturated carbocycles. The number of hydrogen-bond donors (Lipinski definition) is 4. The van der Waals surface area contributed by atoms with Crippen LogP contribution < -0.4 is 22.5 Å². The number of anilines is 2. The van der Waals surface area contributed by atoms with Gasteiger partial charge in [0, 0.05) is 5.56 Å². The fraction of sp³-hybridized carbons (Fsp3) is 0.429. The van der Waals surface area contributed by atoms with Crippen molar-refractivity contribution in [3.8, 4) is 0 Å². The Labute approximate surface area is 151 Å². The van der Waals surface area contributed by atoms with E-state index in [0.717, 1.165) is 11.1 Å². The highest BCUT2D eigenvalue weighted by Crippen LogP contribution is 2.23. The second-order valence-electron chi connectivity index (χ2n) is 5.54. The molecule has 10 heteroatoms. The number of rotatable bonds is 4. The van der Waals surface area contributed by atoms with Crippen molar-refractivity contribution >= 4 is 34.8 Å². The van der Waals surface area contributed by atoms with E-state index < -0.39 is 0 Å². The lowest BCUT2D eigenvalue weighted by Crippen LogP contribution is -2.12. The van der Waals surface area contributed by atoms with Crippen molar-refractivity contribution in [1.82, 2.24) is 20.4 Å². The molecule has 0 aliphatic carbocycles. The molecule has 0 fully saturated rings. The molecule has 0 unspecified atom stereocenters. The summed E-state index contributed by atoms with van der Waals surface area (Å²) < 4.78 is 0. The molecule has 0 aliphatic heterocycles. The van der Waals surface area contributed by atoms with Crippen molar-refractivity contribution < 1.29 is 0 Å². The molecule has 0 radical (unpaired) electrons. The summed E-state index contributed by atoms with van der Waals surface area (Å²) in [5, 5.41) is 15.8. The summed E-state index contributed by atoms with van der Waals surface area (Å²) in [6, 6.07) is 3.55. The summed E-state index contributed by atoms with van der Waals surface area (Å²) in [6.07, 6.45) is 0. The summed E-state index contributed by atoms with van der Waals surface area (Å²) >= 11 is 11.5. The molecule has 0 aliphatic rings. The molecule has 132 valence electrons. The van der Waals surface area contributed by atoms with Gasteiger partial charge in [0.1, 0.15) is 0 Å². The Hall–Kier alpha value is -1.74. The lowest BCUT2D eigenvalue weighted by Gasteiger charge is -2.09. The van der Waals surface area contributed by atoms with Crippen LogP contribution in [0.15, 0.2) is 12.1 Å². The van der Waals surface area contributed by atoms with Crippen LogP contribution in [-0.4, -0.2) is 20.4 Å². The predicted octanol–water partition coefficient (Wildman–Crippen LogP) is 3.08. The summed E-state index contributed by atoms with van der Waals surface area (Å²) in [6.45, 7) is 8.13. The van der Waals surface area contributed by atoms with Gasteiger partial charge >= 0.3 is 0 Å². The Morgan fingerprint density at radius 3 is 1.96 bits per heavy atom. The van der Waals surface area contributed by atoms with Crippen LogP contribution in [0.2, 0.25) is 10.3 Å². The van der Waals surface area contributed by atoms with Gasteiger partial charge in [-0.05, 0) is 29.5 Å². The van der Waals surface area contributed by atoms with E-state index in [-0.39, 0.29) is 0 Å². The largest absolute Gasteiger partial charge is 0.307 e. The summed E-state index contributed by atoms with van der Waals surface area (Å²) in [5.74, 6) is 12.2. The van der Waals surface area contributed by atoms with Crippen LogP contribution in [0.5, 0.6) is 0 Å². The molecule has 0 amide bonds. The fourth-order valence-electron chi connectivity index (χ4n) is 1.80. The zero-order chi connectivity index (χ0) is 18.3. The van der Waals surface area contributed by atoms with E-state index in [9.17, 15) is 0 Å². The topological polar surface area (TPSA) is 128 Å². The summed E-state index contributed by atoms with van der Waals surface area (Å²) in [4.78, 5) is 0. The second kappa shape index (κ2) is 9.53. The van der Waals surface area contributed by atoms with Gasteiger partial charge in [0.15, 0.2) is 21.9 Å². The Bertz CT molecular complexity index is 663. The third-order valence-corrected chi connectivity index (χ3v) is 3.58. The number of nitrogen functional groups attached to an aromatic ring is 2. The van der Waals surface area contributed by atoms with Gasteiger partial charge in [0.05, 0.1) is 0 Å². The van der Waals surface area contributed by atoms with E-state index in [1.807, 2.05) is 27.7 Å². The molecule has 0 aromatic carbocycles. The summed E-state index contributed by atoms with van der Waals surface area (Å²) in [5.41, 5.74) is 6.80. The van der Waals surface area contributed by atoms with Gasteiger partial charge in [0.25, 0.3) is 0 Å². The molecule has 2 aromatic heterocycles. The van der Waals surface area contributed by atoms with Crippen molar-refractivity contribution in [2.75, 3.05) is 10.9 Å². The third kappa shape index (κ3) is 5.72. The number of aromatic nitrogens is 4. The van der Waals surface area contributed by atoms with Gasteiger partial charge in [-0.1, -0.05) is 50.9 Å². The van der Waals surface area contributed by atoms with Crippen LogP contribution >= 0.6 is 23.2 Å². The van der Waals surface area contributed by atoms with Gasteiger partial charge in [-0.25, -0.2) is 11.7 Å². The first kappa shape index (κ1) is 20.3. The van der Waals surface area contributed by atoms with E-state index in [1.54, 1.807) is 12.1 Å². The molecule has 8 nitrogen and oxygen atoms in total. The zero-order valence-electron chi connectivity index (χ0n) is 14.0. The standard InChI is InChI=1S/2C7H11ClN4/c1-4(2)5-3-6(10-9)11-12-7(5)8;1-4(2)5-3-6(8)11-12-7(5)10-9/h3-4H,9H2,1-2H3,(H,10,11);3-4H,9H2,1-2H3,(H,10,12). The normalized spacial score (nSPS) is 10.4. The number of nitrogens with two attached hydrogens (primary N) is 2. The Balaban J connectivity index is 0.000000240. The Kier molecular flexibility index (Phi) is 8.06. The molecule has 6 N–H and O–H groups in total. The van der Waals surface area contributed by atoms with Gasteiger partial charge in [-0.2, -0.15) is 0 Å². The van der Waals surface area contributed by atoms with Crippen LogP contribution in [-0.2, 0) is 0 Å². The Morgan fingerprint density at radius 1 is 0.833 bits per heavy atom. The molecule has 2 heterocycles. The van der Waals surface area contributed by atoms with Crippen molar-refractivity contribution in [3.63, 3.8) is 0 Å². The molecule has 24 heavy (non-hydrogen) atoms. The average Bonchev–Trinajstić information content (AvgIpc) is 2.55. The van der Waals surface area contributed by atoms with Gasteiger partial charge < -0.3 is 10.9 Å². The van der Waals surface area contributed by atoms with Crippen LogP contribution in [0.3, 0.4) is 0 Å². The van der Waals surface area contributed by atoms with Gasteiger partial charge in [-0.15, -0.1) is 20.4 Å². The number of nitrogens with zero attached hydrogens (tertiary/aromatic N) is 4. The smallest absolute Gasteiger partial charge is 0.166 e. The quantitative estimate of drug-likeness (QED) is 0.476. The van der Waals surface area contributed by atoms with Crippen LogP contribution in [0.25, 0.3) is 0 Å². The van der Waals surface area contributed by atoms with Crippen LogP contribution in [0.4, 0.5) is 11.6 Å². The highest BCUT2D eigenvalue weighted by molar-refractivity contribution is 6.30. The lowest BCUT2D eigenvalue weighted by molar-refractivity contribution is 0.842. The number of halogens is 2. The molecule has 2 rings (SSSR count). The first-order chi connectivity index (χ1) is 11.3. The number of hydrazine groups is 2. The van der Waals surface area contributed by atoms with Gasteiger partial charge in [-0.3, -0.25) is 0 Å². The predicted molar refractivity (Wildman–Crippen MR) is 97.9 cm³/mol. The molecule has 0 bridgehead atoms.